The van der Waals surface area contributed by atoms with E-state index >= 15 is 0 Å². The van der Waals surface area contributed by atoms with Crippen LogP contribution in [0.1, 0.15) is 33.4 Å². The van der Waals surface area contributed by atoms with E-state index in [9.17, 15) is 0 Å². The summed E-state index contributed by atoms with van der Waals surface area (Å²) in [5.74, 6) is 0. The smallest absolute Gasteiger partial charge is 0.134 e. The van der Waals surface area contributed by atoms with E-state index in [0.717, 1.165) is 0 Å². The van der Waals surface area contributed by atoms with Crippen LogP contribution in [0.5, 0.6) is 0 Å². The summed E-state index contributed by atoms with van der Waals surface area (Å²) in [5, 5.41) is 0. The highest BCUT2D eigenvalue weighted by atomic mass is 31.1. The van der Waals surface area contributed by atoms with Gasteiger partial charge in [-0.1, -0.05) is 72.8 Å². The number of hydrogen-bond acceptors (Lipinski definition) is 1. The van der Waals surface area contributed by atoms with Crippen LogP contribution in [-0.2, 0) is 4.57 Å². The van der Waals surface area contributed by atoms with Crippen molar-refractivity contribution in [3.8, 4) is 0 Å². The van der Waals surface area contributed by atoms with E-state index in [2.05, 4.69) is 114 Å². The molecule has 28 heavy (non-hydrogen) atoms. The van der Waals surface area contributed by atoms with Gasteiger partial charge in [0.2, 0.25) is 0 Å². The van der Waals surface area contributed by atoms with E-state index in [0.29, 0.717) is 0 Å². The second-order valence-electron chi connectivity index (χ2n) is 6.51. The molecule has 0 fully saturated rings. The molecule has 0 amide bonds. The summed E-state index contributed by atoms with van der Waals surface area (Å²) in [6.07, 6.45) is 0. The molecule has 0 aliphatic rings. The molecule has 3 aromatic carbocycles. The molecule has 3 aromatic rings. The number of rotatable bonds is 0. The highest BCUT2D eigenvalue weighted by molar-refractivity contribution is 7.30. The molecule has 3 nitrogen and oxygen atoms in total. The first kappa shape index (κ1) is 25.7. The minimum atomic E-state index is -2.87. The molecule has 4 heteroatoms. The molecule has 0 aromatic heterocycles. The minimum Gasteiger partial charge on any atom is -0.134 e. The van der Waals surface area contributed by atoms with Crippen LogP contribution in [0.25, 0.3) is 0 Å². The summed E-state index contributed by atoms with van der Waals surface area (Å²) >= 11 is 0. The van der Waals surface area contributed by atoms with E-state index < -0.39 is 8.25 Å². The molecule has 0 spiro atoms. The molecular formula is C24H32O3P+. The van der Waals surface area contributed by atoms with Crippen molar-refractivity contribution >= 4 is 8.25 Å². The average Bonchev–Trinajstić information content (AvgIpc) is 2.63. The zero-order chi connectivity index (χ0) is 21.5. The zero-order valence-electron chi connectivity index (χ0n) is 17.7. The number of hydrogen-bond donors (Lipinski definition) is 2. The van der Waals surface area contributed by atoms with Gasteiger partial charge in [0, 0.05) is 4.57 Å². The standard InChI is InChI=1S/3C8H10.HO3P/c3*1-7-5-3-4-6-8(7)2;1-4(2)3/h3*3-6H,1-2H3;(H-,1,2,3)/p+1. The Balaban J connectivity index is 0.000000358. The van der Waals surface area contributed by atoms with E-state index in [4.69, 9.17) is 14.4 Å². The van der Waals surface area contributed by atoms with Gasteiger partial charge in [-0.3, -0.25) is 0 Å². The van der Waals surface area contributed by atoms with Gasteiger partial charge in [-0.05, 0) is 74.9 Å². The second-order valence-corrected chi connectivity index (χ2v) is 7.01. The monoisotopic (exact) mass is 399 g/mol. The van der Waals surface area contributed by atoms with Crippen LogP contribution in [0.3, 0.4) is 0 Å². The Hall–Kier alpha value is -2.32. The van der Waals surface area contributed by atoms with Crippen molar-refractivity contribution in [2.24, 2.45) is 0 Å². The van der Waals surface area contributed by atoms with Crippen molar-refractivity contribution in [2.75, 3.05) is 0 Å². The Bertz CT molecular complexity index is 674. The van der Waals surface area contributed by atoms with Crippen molar-refractivity contribution in [2.45, 2.75) is 41.5 Å². The summed E-state index contributed by atoms with van der Waals surface area (Å²) < 4.78 is 8.70. The van der Waals surface area contributed by atoms with Crippen LogP contribution < -0.4 is 0 Å². The Morgan fingerprint density at radius 3 is 0.643 bits per heavy atom. The first-order valence-corrected chi connectivity index (χ1v) is 10.2. The average molecular weight is 399 g/mol. The van der Waals surface area contributed by atoms with E-state index in [1.54, 1.807) is 0 Å². The predicted molar refractivity (Wildman–Crippen MR) is 120 cm³/mol. The molecule has 0 aliphatic carbocycles. The predicted octanol–water partition coefficient (Wildman–Crippen LogP) is 6.54. The largest absolute Gasteiger partial charge is 0.692 e. The lowest BCUT2D eigenvalue weighted by atomic mass is 10.1. The minimum absolute atomic E-state index is 1.37. The number of benzene rings is 3. The van der Waals surface area contributed by atoms with E-state index in [1.807, 2.05) is 0 Å². The Labute approximate surface area is 170 Å². The molecule has 2 N–H and O–H groups in total. The molecule has 0 radical (unpaired) electrons. The van der Waals surface area contributed by atoms with Crippen LogP contribution in [0, 0.1) is 41.5 Å². The van der Waals surface area contributed by atoms with Gasteiger partial charge >= 0.3 is 8.25 Å². The third-order valence-electron chi connectivity index (χ3n) is 4.28. The van der Waals surface area contributed by atoms with Crippen LogP contribution >= 0.6 is 8.25 Å². The molecule has 0 saturated heterocycles. The molecule has 0 bridgehead atoms. The normalized spacial score (nSPS) is 8.86. The quantitative estimate of drug-likeness (QED) is 0.422. The van der Waals surface area contributed by atoms with Crippen LogP contribution in [-0.4, -0.2) is 9.79 Å². The van der Waals surface area contributed by atoms with Gasteiger partial charge < -0.3 is 0 Å². The topological polar surface area (TPSA) is 57.5 Å². The highest BCUT2D eigenvalue weighted by Gasteiger charge is 1.93. The zero-order valence-corrected chi connectivity index (χ0v) is 18.6. The summed E-state index contributed by atoms with van der Waals surface area (Å²) in [4.78, 5) is 14.2. The van der Waals surface area contributed by atoms with Gasteiger partial charge in [-0.25, -0.2) is 0 Å². The molecule has 0 unspecified atom stereocenters. The molecule has 3 rings (SSSR count). The van der Waals surface area contributed by atoms with Gasteiger partial charge in [0.05, 0.1) is 0 Å². The van der Waals surface area contributed by atoms with Crippen LogP contribution in [0.2, 0.25) is 0 Å². The Morgan fingerprint density at radius 2 is 0.571 bits per heavy atom. The maximum absolute atomic E-state index is 8.70. The molecule has 0 atom stereocenters. The first-order chi connectivity index (χ1) is 13.1. The molecule has 0 saturated carbocycles. The van der Waals surface area contributed by atoms with Crippen LogP contribution in [0.4, 0.5) is 0 Å². The third-order valence-corrected chi connectivity index (χ3v) is 4.28. The molecule has 0 heterocycles. The molecule has 0 aliphatic heterocycles. The fourth-order valence-electron chi connectivity index (χ4n) is 1.99. The van der Waals surface area contributed by atoms with Gasteiger partial charge in [0.15, 0.2) is 0 Å². The third kappa shape index (κ3) is 12.9. The maximum atomic E-state index is 8.70. The molecular weight excluding hydrogens is 367 g/mol. The lowest BCUT2D eigenvalue weighted by Crippen LogP contribution is -1.74. The number of aryl methyl sites for hydroxylation is 6. The van der Waals surface area contributed by atoms with E-state index in [1.165, 1.54) is 33.4 Å². The van der Waals surface area contributed by atoms with Crippen molar-refractivity contribution in [1.29, 1.82) is 0 Å². The fraction of sp³-hybridized carbons (Fsp3) is 0.250. The first-order valence-electron chi connectivity index (χ1n) is 9.06. The van der Waals surface area contributed by atoms with Crippen molar-refractivity contribution in [3.63, 3.8) is 0 Å². The lowest BCUT2D eigenvalue weighted by Gasteiger charge is -1.93. The van der Waals surface area contributed by atoms with E-state index in [-0.39, 0.29) is 0 Å². The van der Waals surface area contributed by atoms with Crippen molar-refractivity contribution in [3.05, 3.63) is 106 Å². The van der Waals surface area contributed by atoms with Gasteiger partial charge in [-0.2, -0.15) is 0 Å². The Kier molecular flexibility index (Phi) is 13.5. The summed E-state index contributed by atoms with van der Waals surface area (Å²) in [5.41, 5.74) is 8.21. The fourth-order valence-corrected chi connectivity index (χ4v) is 1.99. The summed E-state index contributed by atoms with van der Waals surface area (Å²) in [7, 11) is -2.87. The SMILES string of the molecule is Cc1ccccc1C.Cc1ccccc1C.Cc1ccccc1C.O=[P+](O)O. The van der Waals surface area contributed by atoms with Gasteiger partial charge in [0.1, 0.15) is 0 Å². The lowest BCUT2D eigenvalue weighted by molar-refractivity contribution is 0.405. The second kappa shape index (κ2) is 14.7. The highest BCUT2D eigenvalue weighted by Crippen LogP contribution is 2.04. The molecule has 150 valence electrons. The summed E-state index contributed by atoms with van der Waals surface area (Å²) in [6.45, 7) is 12.7. The van der Waals surface area contributed by atoms with Gasteiger partial charge in [0.25, 0.3) is 0 Å². The summed E-state index contributed by atoms with van der Waals surface area (Å²) in [6, 6.07) is 25.1. The maximum Gasteiger partial charge on any atom is 0.692 e. The van der Waals surface area contributed by atoms with Crippen molar-refractivity contribution in [1.82, 2.24) is 0 Å². The van der Waals surface area contributed by atoms with Crippen LogP contribution in [0.15, 0.2) is 72.8 Å². The van der Waals surface area contributed by atoms with Crippen molar-refractivity contribution < 1.29 is 14.4 Å². The Morgan fingerprint density at radius 1 is 0.464 bits per heavy atom. The van der Waals surface area contributed by atoms with Gasteiger partial charge in [-0.15, -0.1) is 9.79 Å².